The Bertz CT molecular complexity index is 1170. The summed E-state index contributed by atoms with van der Waals surface area (Å²) in [6.07, 6.45) is 2.05. The number of carbonyl (C=O) groups is 2. The van der Waals surface area contributed by atoms with Gasteiger partial charge < -0.3 is 15.2 Å². The molecule has 2 N–H and O–H groups in total. The third kappa shape index (κ3) is 3.91. The van der Waals surface area contributed by atoms with Crippen molar-refractivity contribution < 1.29 is 19.1 Å². The topological polar surface area (TPSA) is 78.6 Å². The van der Waals surface area contributed by atoms with Crippen LogP contribution in [-0.2, 0) is 19.4 Å². The molecule has 0 aliphatic heterocycles. The van der Waals surface area contributed by atoms with Crippen molar-refractivity contribution in [3.63, 3.8) is 0 Å². The van der Waals surface area contributed by atoms with E-state index in [-0.39, 0.29) is 12.4 Å². The number of carbonyl (C=O) groups excluding carboxylic acids is 2. The Kier molecular flexibility index (Phi) is 5.76. The van der Waals surface area contributed by atoms with Crippen LogP contribution in [0.25, 0.3) is 11.1 Å². The smallest absolute Gasteiger partial charge is 0.248 e. The van der Waals surface area contributed by atoms with Crippen molar-refractivity contribution in [2.75, 3.05) is 7.11 Å². The Morgan fingerprint density at radius 3 is 2.48 bits per heavy atom. The van der Waals surface area contributed by atoms with Gasteiger partial charge in [0.1, 0.15) is 6.61 Å². The van der Waals surface area contributed by atoms with Crippen LogP contribution in [0.1, 0.15) is 50.8 Å². The van der Waals surface area contributed by atoms with Gasteiger partial charge in [-0.05, 0) is 47.2 Å². The van der Waals surface area contributed by atoms with Gasteiger partial charge in [-0.25, -0.2) is 0 Å². The minimum Gasteiger partial charge on any atom is -0.493 e. The van der Waals surface area contributed by atoms with E-state index in [1.165, 1.54) is 0 Å². The zero-order valence-corrected chi connectivity index (χ0v) is 17.7. The van der Waals surface area contributed by atoms with Gasteiger partial charge in [-0.3, -0.25) is 9.59 Å². The number of hydrogen-bond donors (Lipinski definition) is 1. The van der Waals surface area contributed by atoms with Crippen molar-refractivity contribution in [3.8, 4) is 22.6 Å². The lowest BCUT2D eigenvalue weighted by Crippen LogP contribution is -2.11. The summed E-state index contributed by atoms with van der Waals surface area (Å²) in [5, 5.41) is 0. The van der Waals surface area contributed by atoms with Crippen LogP contribution in [0.5, 0.6) is 11.5 Å². The molecule has 3 aromatic rings. The molecule has 1 aliphatic carbocycles. The molecule has 5 heteroatoms. The first-order chi connectivity index (χ1) is 15.0. The third-order valence-corrected chi connectivity index (χ3v) is 5.74. The van der Waals surface area contributed by atoms with Crippen molar-refractivity contribution in [1.82, 2.24) is 0 Å². The van der Waals surface area contributed by atoms with Crippen LogP contribution in [0.15, 0.2) is 54.6 Å². The second-order valence-electron chi connectivity index (χ2n) is 7.60. The number of rotatable bonds is 7. The number of fused-ring (bicyclic) bond motifs is 1. The van der Waals surface area contributed by atoms with Crippen LogP contribution in [0, 0.1) is 0 Å². The van der Waals surface area contributed by atoms with Crippen LogP contribution in [-0.4, -0.2) is 18.8 Å². The van der Waals surface area contributed by atoms with Crippen molar-refractivity contribution in [2.45, 2.75) is 32.8 Å². The van der Waals surface area contributed by atoms with E-state index in [0.29, 0.717) is 23.5 Å². The van der Waals surface area contributed by atoms with E-state index in [1.807, 2.05) is 36.4 Å². The molecule has 0 heterocycles. The number of aryl methyl sites for hydroxylation is 1. The van der Waals surface area contributed by atoms with Gasteiger partial charge in [-0.2, -0.15) is 0 Å². The summed E-state index contributed by atoms with van der Waals surface area (Å²) in [7, 11) is 1.64. The first-order valence-corrected chi connectivity index (χ1v) is 10.4. The Morgan fingerprint density at radius 1 is 0.968 bits per heavy atom. The maximum atomic E-state index is 12.3. The maximum absolute atomic E-state index is 12.3. The molecule has 31 heavy (non-hydrogen) atoms. The number of ketones is 1. The molecule has 0 fully saturated rings. The number of Topliss-reactive ketones (excluding diaryl/α,β-unsaturated/α-hetero) is 1. The number of methoxy groups -OCH3 is 1. The third-order valence-electron chi connectivity index (χ3n) is 5.74. The van der Waals surface area contributed by atoms with E-state index in [1.54, 1.807) is 25.3 Å². The van der Waals surface area contributed by atoms with Crippen molar-refractivity contribution in [3.05, 3.63) is 82.4 Å². The summed E-state index contributed by atoms with van der Waals surface area (Å²) in [5.74, 6) is 1.03. The Morgan fingerprint density at radius 2 is 1.74 bits per heavy atom. The normalized spacial score (nSPS) is 12.5. The highest BCUT2D eigenvalue weighted by atomic mass is 16.5. The summed E-state index contributed by atoms with van der Waals surface area (Å²) >= 11 is 0. The Balaban J connectivity index is 1.79. The predicted octanol–water partition coefficient (Wildman–Crippen LogP) is 4.73. The zero-order valence-electron chi connectivity index (χ0n) is 17.7. The lowest BCUT2D eigenvalue weighted by Gasteiger charge is -2.19. The summed E-state index contributed by atoms with van der Waals surface area (Å²) in [4.78, 5) is 23.8. The molecule has 4 rings (SSSR count). The van der Waals surface area contributed by atoms with Crippen molar-refractivity contribution in [1.29, 1.82) is 0 Å². The Hall–Kier alpha value is -3.60. The molecule has 0 unspecified atom stereocenters. The largest absolute Gasteiger partial charge is 0.493 e. The van der Waals surface area contributed by atoms with E-state index < -0.39 is 5.91 Å². The highest BCUT2D eigenvalue weighted by Gasteiger charge is 2.25. The molecular formula is C26H25NO4. The average Bonchev–Trinajstić information content (AvgIpc) is 3.18. The SMILES string of the molecule is CCc1ccc(-c2cccc3c2CCC3=O)c(OCc2cccc(C(N)=O)c2)c1OC. The van der Waals surface area contributed by atoms with E-state index >= 15 is 0 Å². The molecule has 0 saturated heterocycles. The van der Waals surface area contributed by atoms with Gasteiger partial charge in [0.15, 0.2) is 17.3 Å². The fourth-order valence-corrected chi connectivity index (χ4v) is 4.17. The monoisotopic (exact) mass is 415 g/mol. The van der Waals surface area contributed by atoms with Crippen LogP contribution < -0.4 is 15.2 Å². The standard InChI is InChI=1S/C26H25NO4/c1-3-17-10-11-22(19-8-5-9-21-20(19)12-13-23(21)28)25(24(17)30-2)31-15-16-6-4-7-18(14-16)26(27)29/h4-11,14H,3,12-13,15H2,1-2H3,(H2,27,29). The Labute approximate surface area is 181 Å². The predicted molar refractivity (Wildman–Crippen MR) is 120 cm³/mol. The van der Waals surface area contributed by atoms with Gasteiger partial charge in [-0.15, -0.1) is 0 Å². The maximum Gasteiger partial charge on any atom is 0.248 e. The number of hydrogen-bond acceptors (Lipinski definition) is 4. The van der Waals surface area contributed by atoms with Crippen LogP contribution in [0.4, 0.5) is 0 Å². The van der Waals surface area contributed by atoms with Crippen LogP contribution in [0.3, 0.4) is 0 Å². The molecule has 0 spiro atoms. The fraction of sp³-hybridized carbons (Fsp3) is 0.231. The lowest BCUT2D eigenvalue weighted by molar-refractivity contribution is 0.0988. The van der Waals surface area contributed by atoms with Gasteiger partial charge in [-0.1, -0.05) is 49.4 Å². The molecular weight excluding hydrogens is 390 g/mol. The molecule has 3 aromatic carbocycles. The number of amides is 1. The first kappa shape index (κ1) is 20.7. The highest BCUT2D eigenvalue weighted by Crippen LogP contribution is 2.44. The molecule has 0 aromatic heterocycles. The van der Waals surface area contributed by atoms with Crippen LogP contribution in [0.2, 0.25) is 0 Å². The van der Waals surface area contributed by atoms with E-state index in [4.69, 9.17) is 15.2 Å². The molecule has 5 nitrogen and oxygen atoms in total. The van der Waals surface area contributed by atoms with Gasteiger partial charge in [0.2, 0.25) is 5.91 Å². The molecule has 158 valence electrons. The van der Waals surface area contributed by atoms with Crippen molar-refractivity contribution >= 4 is 11.7 Å². The van der Waals surface area contributed by atoms with Gasteiger partial charge in [0.05, 0.1) is 7.11 Å². The number of nitrogens with two attached hydrogens (primary N) is 1. The van der Waals surface area contributed by atoms with E-state index in [0.717, 1.165) is 46.2 Å². The van der Waals surface area contributed by atoms with E-state index in [9.17, 15) is 9.59 Å². The van der Waals surface area contributed by atoms with Crippen molar-refractivity contribution in [2.24, 2.45) is 5.73 Å². The molecule has 0 bridgehead atoms. The number of benzene rings is 3. The second-order valence-corrected chi connectivity index (χ2v) is 7.60. The minimum absolute atomic E-state index is 0.180. The number of primary amides is 1. The second kappa shape index (κ2) is 8.64. The lowest BCUT2D eigenvalue weighted by atomic mass is 9.94. The molecule has 0 radical (unpaired) electrons. The molecule has 0 saturated carbocycles. The average molecular weight is 415 g/mol. The van der Waals surface area contributed by atoms with Gasteiger partial charge in [0.25, 0.3) is 0 Å². The molecule has 0 atom stereocenters. The zero-order chi connectivity index (χ0) is 22.0. The summed E-state index contributed by atoms with van der Waals surface area (Å²) < 4.78 is 12.1. The first-order valence-electron chi connectivity index (χ1n) is 10.4. The quantitative estimate of drug-likeness (QED) is 0.605. The number of ether oxygens (including phenoxy) is 2. The fourth-order valence-electron chi connectivity index (χ4n) is 4.17. The summed E-state index contributed by atoms with van der Waals surface area (Å²) in [5.41, 5.74) is 11.4. The van der Waals surface area contributed by atoms with Gasteiger partial charge in [0, 0.05) is 23.1 Å². The highest BCUT2D eigenvalue weighted by molar-refractivity contribution is 6.02. The van der Waals surface area contributed by atoms with Gasteiger partial charge >= 0.3 is 0 Å². The van der Waals surface area contributed by atoms with E-state index in [2.05, 4.69) is 6.92 Å². The van der Waals surface area contributed by atoms with Crippen LogP contribution >= 0.6 is 0 Å². The summed E-state index contributed by atoms with van der Waals surface area (Å²) in [6, 6.07) is 17.0. The minimum atomic E-state index is -0.474. The summed E-state index contributed by atoms with van der Waals surface area (Å²) in [6.45, 7) is 2.32. The molecule has 1 amide bonds. The molecule has 1 aliphatic rings.